The highest BCUT2D eigenvalue weighted by atomic mass is 15.5. The molecule has 4 heterocycles. The minimum absolute atomic E-state index is 0.338. The van der Waals surface area contributed by atoms with E-state index in [-0.39, 0.29) is 0 Å². The van der Waals surface area contributed by atoms with Crippen LogP contribution in [0.5, 0.6) is 0 Å². The summed E-state index contributed by atoms with van der Waals surface area (Å²) < 4.78 is 2.31. The standard InChI is InChI=1S/C28H47N9/c29-22-8-10-23(11-9-22)31-28-32-26(25-27(33-28)37(20-30-25)24-6-2-3-7-24)34-36-18-13-21(14-19-36)12-17-35-15-4-1-5-16-35/h20-24H,1-19,29H2,(H2,31,32,33,34)/t22-,23-. The van der Waals surface area contributed by atoms with Gasteiger partial charge in [-0.15, -0.1) is 0 Å². The normalized spacial score (nSPS) is 27.2. The molecule has 6 rings (SSSR count). The topological polar surface area (TPSA) is 100 Å². The predicted molar refractivity (Wildman–Crippen MR) is 150 cm³/mol. The molecule has 0 aromatic carbocycles. The van der Waals surface area contributed by atoms with Crippen LogP contribution in [0.1, 0.15) is 95.9 Å². The molecule has 0 atom stereocenters. The summed E-state index contributed by atoms with van der Waals surface area (Å²) in [6.07, 6.45) is 19.3. The Morgan fingerprint density at radius 2 is 1.59 bits per heavy atom. The molecule has 2 aliphatic heterocycles. The molecule has 0 bridgehead atoms. The second-order valence-electron chi connectivity index (χ2n) is 12.1. The molecule has 2 aromatic rings. The molecule has 2 saturated carbocycles. The van der Waals surface area contributed by atoms with Crippen LogP contribution >= 0.6 is 0 Å². The molecule has 2 saturated heterocycles. The van der Waals surface area contributed by atoms with Gasteiger partial charge in [-0.3, -0.25) is 0 Å². The molecule has 9 nitrogen and oxygen atoms in total. The largest absolute Gasteiger partial charge is 0.351 e. The van der Waals surface area contributed by atoms with E-state index in [0.717, 1.165) is 67.6 Å². The van der Waals surface area contributed by atoms with Crippen molar-refractivity contribution in [2.45, 2.75) is 108 Å². The van der Waals surface area contributed by atoms with Gasteiger partial charge in [0.1, 0.15) is 0 Å². The minimum atomic E-state index is 0.338. The van der Waals surface area contributed by atoms with E-state index in [0.29, 0.717) is 18.1 Å². The van der Waals surface area contributed by atoms with Crippen LogP contribution in [0.25, 0.3) is 11.2 Å². The first kappa shape index (κ1) is 25.3. The summed E-state index contributed by atoms with van der Waals surface area (Å²) >= 11 is 0. The Morgan fingerprint density at radius 1 is 0.838 bits per heavy atom. The number of hydrogen-bond acceptors (Lipinski definition) is 8. The smallest absolute Gasteiger partial charge is 0.227 e. The molecular weight excluding hydrogens is 462 g/mol. The summed E-state index contributed by atoms with van der Waals surface area (Å²) in [5.41, 5.74) is 11.7. The van der Waals surface area contributed by atoms with Gasteiger partial charge in [0.2, 0.25) is 5.95 Å². The van der Waals surface area contributed by atoms with Crippen LogP contribution in [-0.2, 0) is 0 Å². The first-order valence-electron chi connectivity index (χ1n) is 15.2. The first-order chi connectivity index (χ1) is 18.2. The molecule has 0 radical (unpaired) electrons. The fourth-order valence-electron chi connectivity index (χ4n) is 6.99. The van der Waals surface area contributed by atoms with E-state index >= 15 is 0 Å². The number of hydrazine groups is 1. The Hall–Kier alpha value is -1.97. The van der Waals surface area contributed by atoms with Crippen molar-refractivity contribution in [2.24, 2.45) is 11.7 Å². The number of anilines is 2. The van der Waals surface area contributed by atoms with E-state index in [1.54, 1.807) is 0 Å². The summed E-state index contributed by atoms with van der Waals surface area (Å²) in [6, 6.07) is 1.23. The molecule has 9 heteroatoms. The number of rotatable bonds is 8. The molecule has 204 valence electrons. The van der Waals surface area contributed by atoms with Gasteiger partial charge in [-0.25, -0.2) is 9.99 Å². The van der Waals surface area contributed by atoms with Crippen LogP contribution in [0.2, 0.25) is 0 Å². The third-order valence-electron chi connectivity index (χ3n) is 9.43. The lowest BCUT2D eigenvalue weighted by molar-refractivity contribution is 0.172. The van der Waals surface area contributed by atoms with Crippen molar-refractivity contribution < 1.29 is 0 Å². The monoisotopic (exact) mass is 509 g/mol. The number of aromatic nitrogens is 4. The summed E-state index contributed by atoms with van der Waals surface area (Å²) in [4.78, 5) is 17.5. The van der Waals surface area contributed by atoms with Crippen molar-refractivity contribution in [1.29, 1.82) is 0 Å². The highest BCUT2D eigenvalue weighted by molar-refractivity contribution is 5.84. The van der Waals surface area contributed by atoms with E-state index in [1.165, 1.54) is 83.8 Å². The van der Waals surface area contributed by atoms with Crippen LogP contribution in [0.4, 0.5) is 11.8 Å². The maximum Gasteiger partial charge on any atom is 0.227 e. The van der Waals surface area contributed by atoms with E-state index < -0.39 is 0 Å². The van der Waals surface area contributed by atoms with Crippen LogP contribution in [0.3, 0.4) is 0 Å². The van der Waals surface area contributed by atoms with E-state index in [4.69, 9.17) is 20.7 Å². The van der Waals surface area contributed by atoms with Gasteiger partial charge in [0.05, 0.1) is 6.33 Å². The number of nitrogens with zero attached hydrogens (tertiary/aromatic N) is 6. The van der Waals surface area contributed by atoms with Gasteiger partial charge in [0.15, 0.2) is 17.0 Å². The third-order valence-corrected chi connectivity index (χ3v) is 9.43. The zero-order valence-corrected chi connectivity index (χ0v) is 22.6. The molecular formula is C28H47N9. The maximum absolute atomic E-state index is 6.15. The SMILES string of the molecule is N[C@H]1CC[C@H](Nc2nc(NN3CCC(CCN4CCCCC4)CC3)c3ncn(C4CCCC4)c3n2)CC1. The molecule has 2 aromatic heterocycles. The van der Waals surface area contributed by atoms with E-state index in [2.05, 4.69) is 25.2 Å². The van der Waals surface area contributed by atoms with Gasteiger partial charge >= 0.3 is 0 Å². The average molecular weight is 510 g/mol. The van der Waals surface area contributed by atoms with Crippen molar-refractivity contribution in [2.75, 3.05) is 43.5 Å². The minimum Gasteiger partial charge on any atom is -0.351 e. The molecule has 0 amide bonds. The zero-order valence-electron chi connectivity index (χ0n) is 22.6. The number of nitrogens with one attached hydrogen (secondary N) is 2. The van der Waals surface area contributed by atoms with Gasteiger partial charge in [-0.05, 0) is 96.2 Å². The van der Waals surface area contributed by atoms with E-state index in [9.17, 15) is 0 Å². The highest BCUT2D eigenvalue weighted by Crippen LogP contribution is 2.34. The molecule has 4 N–H and O–H groups in total. The molecule has 0 spiro atoms. The van der Waals surface area contributed by atoms with Gasteiger partial charge < -0.3 is 25.9 Å². The zero-order chi connectivity index (χ0) is 25.0. The van der Waals surface area contributed by atoms with Crippen molar-refractivity contribution in [1.82, 2.24) is 29.4 Å². The lowest BCUT2D eigenvalue weighted by Crippen LogP contribution is -2.39. The Balaban J connectivity index is 1.13. The Labute approximate surface area is 221 Å². The van der Waals surface area contributed by atoms with Crippen molar-refractivity contribution >= 4 is 22.9 Å². The number of imidazole rings is 1. The summed E-state index contributed by atoms with van der Waals surface area (Å²) in [7, 11) is 0. The number of hydrogen-bond donors (Lipinski definition) is 3. The summed E-state index contributed by atoms with van der Waals surface area (Å²) in [5, 5.41) is 6.01. The van der Waals surface area contributed by atoms with Crippen LogP contribution in [0.15, 0.2) is 6.33 Å². The van der Waals surface area contributed by atoms with Gasteiger partial charge in [0.25, 0.3) is 0 Å². The Morgan fingerprint density at radius 3 is 2.35 bits per heavy atom. The quantitative estimate of drug-likeness (QED) is 0.477. The van der Waals surface area contributed by atoms with Crippen LogP contribution in [0, 0.1) is 5.92 Å². The fraction of sp³-hybridized carbons (Fsp3) is 0.821. The van der Waals surface area contributed by atoms with Gasteiger partial charge in [0, 0.05) is 31.2 Å². The molecule has 0 unspecified atom stereocenters. The molecule has 2 aliphatic carbocycles. The second-order valence-corrected chi connectivity index (χ2v) is 12.1. The van der Waals surface area contributed by atoms with Crippen molar-refractivity contribution in [3.05, 3.63) is 6.33 Å². The van der Waals surface area contributed by atoms with Gasteiger partial charge in [-0.2, -0.15) is 9.97 Å². The molecule has 4 fully saturated rings. The van der Waals surface area contributed by atoms with Crippen LogP contribution < -0.4 is 16.5 Å². The Kier molecular flexibility index (Phi) is 8.09. The predicted octanol–water partition coefficient (Wildman–Crippen LogP) is 4.54. The van der Waals surface area contributed by atoms with Crippen molar-refractivity contribution in [3.63, 3.8) is 0 Å². The Bertz CT molecular complexity index is 994. The highest BCUT2D eigenvalue weighted by Gasteiger charge is 2.26. The van der Waals surface area contributed by atoms with Gasteiger partial charge in [-0.1, -0.05) is 19.3 Å². The van der Waals surface area contributed by atoms with Crippen LogP contribution in [-0.4, -0.2) is 74.2 Å². The third kappa shape index (κ3) is 6.20. The number of fused-ring (bicyclic) bond motifs is 1. The number of piperidine rings is 2. The molecule has 4 aliphatic rings. The maximum atomic E-state index is 6.15. The molecule has 37 heavy (non-hydrogen) atoms. The lowest BCUT2D eigenvalue weighted by Gasteiger charge is -2.34. The lowest BCUT2D eigenvalue weighted by atomic mass is 9.92. The van der Waals surface area contributed by atoms with Crippen molar-refractivity contribution in [3.8, 4) is 0 Å². The number of nitrogens with two attached hydrogens (primary N) is 1. The summed E-state index contributed by atoms with van der Waals surface area (Å²) in [6.45, 7) is 6.01. The summed E-state index contributed by atoms with van der Waals surface area (Å²) in [5.74, 6) is 2.41. The fourth-order valence-corrected chi connectivity index (χ4v) is 6.99. The number of likely N-dealkylation sites (tertiary alicyclic amines) is 1. The second kappa shape index (κ2) is 11.8. The van der Waals surface area contributed by atoms with E-state index in [1.807, 2.05) is 6.33 Å². The average Bonchev–Trinajstić information content (AvgIpc) is 3.61. The first-order valence-corrected chi connectivity index (χ1v) is 15.2.